The second kappa shape index (κ2) is 10.2. The summed E-state index contributed by atoms with van der Waals surface area (Å²) in [6.07, 6.45) is 0. The fourth-order valence-corrected chi connectivity index (χ4v) is 2.80. The van der Waals surface area contributed by atoms with Crippen molar-refractivity contribution < 1.29 is 18.7 Å². The highest BCUT2D eigenvalue weighted by molar-refractivity contribution is 6.04. The Hall–Kier alpha value is -3.87. The summed E-state index contributed by atoms with van der Waals surface area (Å²) in [6.45, 7) is 4.15. The van der Waals surface area contributed by atoms with E-state index in [1.54, 1.807) is 67.6 Å². The lowest BCUT2D eigenvalue weighted by molar-refractivity contribution is -0.114. The third-order valence-corrected chi connectivity index (χ3v) is 4.48. The topological polar surface area (TPSA) is 79.5 Å². The molecule has 0 saturated carbocycles. The van der Waals surface area contributed by atoms with Crippen LogP contribution >= 0.6 is 0 Å². The first-order chi connectivity index (χ1) is 14.9. The molecular formula is C24H24FN3O3. The van der Waals surface area contributed by atoms with Gasteiger partial charge in [-0.25, -0.2) is 4.39 Å². The first kappa shape index (κ1) is 21.8. The third kappa shape index (κ3) is 6.30. The number of anilines is 3. The summed E-state index contributed by atoms with van der Waals surface area (Å²) in [5.41, 5.74) is 2.74. The Morgan fingerprint density at radius 1 is 0.871 bits per heavy atom. The molecule has 160 valence electrons. The molecule has 0 radical (unpaired) electrons. The predicted molar refractivity (Wildman–Crippen MR) is 120 cm³/mol. The maximum Gasteiger partial charge on any atom is 0.255 e. The quantitative estimate of drug-likeness (QED) is 0.486. The number of nitrogens with one attached hydrogen (secondary N) is 3. The van der Waals surface area contributed by atoms with Gasteiger partial charge in [0.05, 0.1) is 13.2 Å². The van der Waals surface area contributed by atoms with Gasteiger partial charge >= 0.3 is 0 Å². The van der Waals surface area contributed by atoms with E-state index in [4.69, 9.17) is 4.74 Å². The fraction of sp³-hybridized carbons (Fsp3) is 0.167. The highest BCUT2D eigenvalue weighted by Gasteiger charge is 2.08. The van der Waals surface area contributed by atoms with Gasteiger partial charge in [-0.3, -0.25) is 9.59 Å². The van der Waals surface area contributed by atoms with Crippen LogP contribution in [0.3, 0.4) is 0 Å². The van der Waals surface area contributed by atoms with E-state index >= 15 is 0 Å². The minimum atomic E-state index is -0.329. The molecule has 0 aromatic heterocycles. The van der Waals surface area contributed by atoms with Gasteiger partial charge in [0.2, 0.25) is 5.91 Å². The molecule has 3 rings (SSSR count). The Morgan fingerprint density at radius 3 is 2.13 bits per heavy atom. The molecule has 0 unspecified atom stereocenters. The first-order valence-electron chi connectivity index (χ1n) is 9.89. The molecule has 6 nitrogen and oxygen atoms in total. The van der Waals surface area contributed by atoms with E-state index in [2.05, 4.69) is 16.0 Å². The molecule has 31 heavy (non-hydrogen) atoms. The van der Waals surface area contributed by atoms with Crippen molar-refractivity contribution in [2.24, 2.45) is 0 Å². The van der Waals surface area contributed by atoms with Gasteiger partial charge in [0, 0.05) is 22.6 Å². The lowest BCUT2D eigenvalue weighted by atomic mass is 10.2. The van der Waals surface area contributed by atoms with Crippen molar-refractivity contribution in [3.8, 4) is 5.75 Å². The van der Waals surface area contributed by atoms with Crippen LogP contribution in [0.2, 0.25) is 0 Å². The van der Waals surface area contributed by atoms with Gasteiger partial charge in [0.25, 0.3) is 5.91 Å². The highest BCUT2D eigenvalue weighted by atomic mass is 19.1. The normalized spacial score (nSPS) is 10.3. The van der Waals surface area contributed by atoms with Crippen molar-refractivity contribution >= 4 is 28.9 Å². The van der Waals surface area contributed by atoms with Crippen LogP contribution in [-0.4, -0.2) is 25.0 Å². The van der Waals surface area contributed by atoms with E-state index in [-0.39, 0.29) is 24.2 Å². The van der Waals surface area contributed by atoms with Crippen LogP contribution in [0.15, 0.2) is 66.7 Å². The van der Waals surface area contributed by atoms with Gasteiger partial charge in [0.15, 0.2) is 0 Å². The molecule has 0 heterocycles. The largest absolute Gasteiger partial charge is 0.494 e. The molecule has 0 aliphatic carbocycles. The average Bonchev–Trinajstić information content (AvgIpc) is 2.76. The fourth-order valence-electron chi connectivity index (χ4n) is 2.80. The summed E-state index contributed by atoms with van der Waals surface area (Å²) >= 11 is 0. The number of amides is 2. The third-order valence-electron chi connectivity index (χ3n) is 4.48. The number of rotatable bonds is 8. The molecule has 0 atom stereocenters. The summed E-state index contributed by atoms with van der Waals surface area (Å²) in [7, 11) is 0. The first-order valence-corrected chi connectivity index (χ1v) is 9.89. The molecule has 3 aromatic carbocycles. The SMILES string of the molecule is CCOc1ccc(NC(=O)c2ccc(NC(=O)CNc3ccc(C)c(F)c3)cc2)cc1. The summed E-state index contributed by atoms with van der Waals surface area (Å²) in [5.74, 6) is -0.134. The molecule has 7 heteroatoms. The van der Waals surface area contributed by atoms with Crippen molar-refractivity contribution in [1.29, 1.82) is 0 Å². The minimum Gasteiger partial charge on any atom is -0.494 e. The second-order valence-electron chi connectivity index (χ2n) is 6.85. The van der Waals surface area contributed by atoms with Gasteiger partial charge in [-0.1, -0.05) is 6.07 Å². The molecule has 2 amide bonds. The van der Waals surface area contributed by atoms with E-state index in [1.165, 1.54) is 6.07 Å². The molecule has 0 bridgehead atoms. The van der Waals surface area contributed by atoms with Crippen LogP contribution in [-0.2, 0) is 4.79 Å². The van der Waals surface area contributed by atoms with Crippen LogP contribution in [0, 0.1) is 12.7 Å². The Kier molecular flexibility index (Phi) is 7.22. The van der Waals surface area contributed by atoms with Gasteiger partial charge in [0.1, 0.15) is 11.6 Å². The van der Waals surface area contributed by atoms with E-state index in [0.29, 0.717) is 34.8 Å². The zero-order valence-electron chi connectivity index (χ0n) is 17.4. The van der Waals surface area contributed by atoms with Crippen molar-refractivity contribution in [3.63, 3.8) is 0 Å². The lowest BCUT2D eigenvalue weighted by Gasteiger charge is -2.10. The lowest BCUT2D eigenvalue weighted by Crippen LogP contribution is -2.21. The zero-order chi connectivity index (χ0) is 22.2. The Balaban J connectivity index is 1.51. The van der Waals surface area contributed by atoms with Crippen LogP contribution in [0.25, 0.3) is 0 Å². The minimum absolute atomic E-state index is 0.0114. The van der Waals surface area contributed by atoms with E-state index in [1.807, 2.05) is 6.92 Å². The highest BCUT2D eigenvalue weighted by Crippen LogP contribution is 2.17. The summed E-state index contributed by atoms with van der Waals surface area (Å²) in [4.78, 5) is 24.5. The maximum absolute atomic E-state index is 13.6. The number of ether oxygens (including phenoxy) is 1. The Bertz CT molecular complexity index is 1050. The van der Waals surface area contributed by atoms with Crippen LogP contribution in [0.1, 0.15) is 22.8 Å². The smallest absolute Gasteiger partial charge is 0.255 e. The van der Waals surface area contributed by atoms with E-state index in [9.17, 15) is 14.0 Å². The number of hydrogen-bond donors (Lipinski definition) is 3. The van der Waals surface area contributed by atoms with Gasteiger partial charge in [-0.05, 0) is 80.1 Å². The molecule has 0 aliphatic rings. The summed E-state index contributed by atoms with van der Waals surface area (Å²) in [5, 5.41) is 8.42. The summed E-state index contributed by atoms with van der Waals surface area (Å²) < 4.78 is 18.9. The van der Waals surface area contributed by atoms with Gasteiger partial charge < -0.3 is 20.7 Å². The number of halogens is 1. The standard InChI is InChI=1S/C24H24FN3O3/c1-3-31-21-12-10-19(11-13-21)28-24(30)17-5-8-18(9-6-17)27-23(29)15-26-20-7-4-16(2)22(25)14-20/h4-14,26H,3,15H2,1-2H3,(H,27,29)(H,28,30). The van der Waals surface area contributed by atoms with Crippen molar-refractivity contribution in [2.45, 2.75) is 13.8 Å². The summed E-state index contributed by atoms with van der Waals surface area (Å²) in [6, 6.07) is 18.4. The van der Waals surface area contributed by atoms with Crippen LogP contribution < -0.4 is 20.7 Å². The van der Waals surface area contributed by atoms with Gasteiger partial charge in [-0.15, -0.1) is 0 Å². The number of carbonyl (C=O) groups excluding carboxylic acids is 2. The Morgan fingerprint density at radius 2 is 1.48 bits per heavy atom. The van der Waals surface area contributed by atoms with E-state index < -0.39 is 0 Å². The van der Waals surface area contributed by atoms with Gasteiger partial charge in [-0.2, -0.15) is 0 Å². The molecule has 3 aromatic rings. The molecule has 0 fully saturated rings. The average molecular weight is 421 g/mol. The van der Waals surface area contributed by atoms with Crippen molar-refractivity contribution in [1.82, 2.24) is 0 Å². The molecule has 3 N–H and O–H groups in total. The molecule has 0 aliphatic heterocycles. The van der Waals surface area contributed by atoms with E-state index in [0.717, 1.165) is 5.75 Å². The second-order valence-corrected chi connectivity index (χ2v) is 6.85. The van der Waals surface area contributed by atoms with Crippen molar-refractivity contribution in [3.05, 3.63) is 83.7 Å². The molecule has 0 spiro atoms. The number of carbonyl (C=O) groups is 2. The zero-order valence-corrected chi connectivity index (χ0v) is 17.4. The van der Waals surface area contributed by atoms with Crippen molar-refractivity contribution in [2.75, 3.05) is 29.1 Å². The Labute approximate surface area is 180 Å². The molecular weight excluding hydrogens is 397 g/mol. The number of benzene rings is 3. The maximum atomic E-state index is 13.6. The van der Waals surface area contributed by atoms with Crippen LogP contribution in [0.4, 0.5) is 21.5 Å². The number of aryl methyl sites for hydroxylation is 1. The van der Waals surface area contributed by atoms with Crippen LogP contribution in [0.5, 0.6) is 5.75 Å². The monoisotopic (exact) mass is 421 g/mol. The molecule has 0 saturated heterocycles. The predicted octanol–water partition coefficient (Wildman–Crippen LogP) is 4.84. The number of hydrogen-bond acceptors (Lipinski definition) is 4.